The Labute approximate surface area is 103 Å². The van der Waals surface area contributed by atoms with E-state index in [9.17, 15) is 13.2 Å². The molecule has 0 saturated carbocycles. The second-order valence-electron chi connectivity index (χ2n) is 3.81. The zero-order valence-corrected chi connectivity index (χ0v) is 11.4. The molecule has 17 heavy (non-hydrogen) atoms. The minimum Gasteiger partial charge on any atom is -0.481 e. The predicted octanol–water partition coefficient (Wildman–Crippen LogP) is 0.538. The second kappa shape index (κ2) is 7.62. The lowest BCUT2D eigenvalue weighted by molar-refractivity contribution is -0.137. The first-order valence-electron chi connectivity index (χ1n) is 5.55. The van der Waals surface area contributed by atoms with E-state index in [0.29, 0.717) is 13.0 Å². The molecule has 0 aliphatic heterocycles. The lowest BCUT2D eigenvalue weighted by Gasteiger charge is -2.26. The molecule has 1 unspecified atom stereocenters. The zero-order chi connectivity index (χ0) is 13.5. The molecule has 0 amide bonds. The van der Waals surface area contributed by atoms with Gasteiger partial charge in [0.2, 0.25) is 10.0 Å². The van der Waals surface area contributed by atoms with Gasteiger partial charge in [0, 0.05) is 26.3 Å². The Bertz CT molecular complexity index is 328. The van der Waals surface area contributed by atoms with Crippen molar-refractivity contribution in [1.82, 2.24) is 4.31 Å². The highest BCUT2D eigenvalue weighted by Gasteiger charge is 2.26. The van der Waals surface area contributed by atoms with Crippen molar-refractivity contribution in [3.63, 3.8) is 0 Å². The third-order valence-electron chi connectivity index (χ3n) is 2.38. The summed E-state index contributed by atoms with van der Waals surface area (Å²) in [6.07, 6.45) is 0.229. The van der Waals surface area contributed by atoms with Crippen molar-refractivity contribution in [3.8, 4) is 0 Å². The second-order valence-corrected chi connectivity index (χ2v) is 5.85. The Kier molecular flexibility index (Phi) is 7.33. The molecule has 6 nitrogen and oxygen atoms in total. The molecule has 0 bridgehead atoms. The van der Waals surface area contributed by atoms with Crippen LogP contribution >= 0.6 is 0 Å². The smallest absolute Gasteiger partial charge is 0.304 e. The number of carboxylic acids is 1. The van der Waals surface area contributed by atoms with Gasteiger partial charge in [0.05, 0.1) is 12.2 Å². The van der Waals surface area contributed by atoms with Crippen molar-refractivity contribution in [2.75, 3.05) is 26.0 Å². The number of methoxy groups -OCH3 is 1. The van der Waals surface area contributed by atoms with Crippen LogP contribution in [0, 0.1) is 0 Å². The van der Waals surface area contributed by atoms with Crippen LogP contribution in [0.3, 0.4) is 0 Å². The first-order chi connectivity index (χ1) is 7.85. The Balaban J connectivity index is 4.56. The fraction of sp³-hybridized carbons (Fsp3) is 0.900. The number of ether oxygens (including phenoxy) is 1. The molecule has 0 aromatic heterocycles. The van der Waals surface area contributed by atoms with Gasteiger partial charge in [-0.25, -0.2) is 8.42 Å². The van der Waals surface area contributed by atoms with Crippen molar-refractivity contribution < 1.29 is 23.1 Å². The van der Waals surface area contributed by atoms with Crippen LogP contribution in [0.25, 0.3) is 0 Å². The maximum Gasteiger partial charge on any atom is 0.304 e. The van der Waals surface area contributed by atoms with Gasteiger partial charge < -0.3 is 9.84 Å². The first kappa shape index (κ1) is 16.3. The number of sulfonamides is 1. The summed E-state index contributed by atoms with van der Waals surface area (Å²) in [5.41, 5.74) is 0. The average Bonchev–Trinajstić information content (AvgIpc) is 2.16. The summed E-state index contributed by atoms with van der Waals surface area (Å²) in [6, 6.07) is -0.523. The molecule has 0 radical (unpaired) electrons. The van der Waals surface area contributed by atoms with E-state index < -0.39 is 22.0 Å². The van der Waals surface area contributed by atoms with E-state index in [1.165, 1.54) is 11.4 Å². The molecular weight excluding hydrogens is 246 g/mol. The topological polar surface area (TPSA) is 83.9 Å². The van der Waals surface area contributed by atoms with E-state index in [0.717, 1.165) is 0 Å². The van der Waals surface area contributed by atoms with Crippen molar-refractivity contribution in [2.24, 2.45) is 0 Å². The highest BCUT2D eigenvalue weighted by atomic mass is 32.2. The lowest BCUT2D eigenvalue weighted by Crippen LogP contribution is -2.41. The number of carboxylic acid groups (broad SMARTS) is 1. The van der Waals surface area contributed by atoms with Gasteiger partial charge in [0.1, 0.15) is 0 Å². The van der Waals surface area contributed by atoms with Gasteiger partial charge in [-0.1, -0.05) is 6.92 Å². The van der Waals surface area contributed by atoms with Crippen LogP contribution < -0.4 is 0 Å². The minimum atomic E-state index is -3.40. The van der Waals surface area contributed by atoms with Gasteiger partial charge in [0.25, 0.3) is 0 Å². The van der Waals surface area contributed by atoms with Crippen molar-refractivity contribution in [3.05, 3.63) is 0 Å². The Morgan fingerprint density at radius 3 is 2.47 bits per heavy atom. The molecule has 0 heterocycles. The van der Waals surface area contributed by atoms with Crippen LogP contribution in [0.2, 0.25) is 0 Å². The van der Waals surface area contributed by atoms with Gasteiger partial charge in [0.15, 0.2) is 0 Å². The van der Waals surface area contributed by atoms with Gasteiger partial charge >= 0.3 is 5.97 Å². The summed E-state index contributed by atoms with van der Waals surface area (Å²) >= 11 is 0. The molecule has 1 atom stereocenters. The lowest BCUT2D eigenvalue weighted by atomic mass is 10.2. The van der Waals surface area contributed by atoms with Crippen LogP contribution in [-0.2, 0) is 19.6 Å². The molecule has 0 aromatic carbocycles. The van der Waals surface area contributed by atoms with Crippen molar-refractivity contribution in [1.29, 1.82) is 0 Å². The zero-order valence-electron chi connectivity index (χ0n) is 10.5. The van der Waals surface area contributed by atoms with E-state index in [1.807, 2.05) is 0 Å². The molecular formula is C10H21NO5S. The molecule has 0 spiro atoms. The highest BCUT2D eigenvalue weighted by molar-refractivity contribution is 7.89. The number of hydrogen-bond donors (Lipinski definition) is 1. The van der Waals surface area contributed by atoms with E-state index in [1.54, 1.807) is 13.8 Å². The molecule has 0 rings (SSSR count). The maximum atomic E-state index is 11.9. The number of carbonyl (C=O) groups is 1. The highest BCUT2D eigenvalue weighted by Crippen LogP contribution is 2.11. The predicted molar refractivity (Wildman–Crippen MR) is 64.4 cm³/mol. The number of hydrogen-bond acceptors (Lipinski definition) is 4. The minimum absolute atomic E-state index is 0.0152. The van der Waals surface area contributed by atoms with Crippen LogP contribution in [0.1, 0.15) is 26.7 Å². The first-order valence-corrected chi connectivity index (χ1v) is 7.16. The molecule has 0 aliphatic carbocycles. The third-order valence-corrected chi connectivity index (χ3v) is 4.52. The van der Waals surface area contributed by atoms with Crippen LogP contribution in [0.15, 0.2) is 0 Å². The fourth-order valence-corrected chi connectivity index (χ4v) is 3.37. The van der Waals surface area contributed by atoms with E-state index in [-0.39, 0.29) is 18.7 Å². The summed E-state index contributed by atoms with van der Waals surface area (Å²) in [7, 11) is -1.89. The van der Waals surface area contributed by atoms with Crippen LogP contribution in [0.5, 0.6) is 0 Å². The normalized spacial score (nSPS) is 13.9. The van der Waals surface area contributed by atoms with E-state index in [2.05, 4.69) is 0 Å². The summed E-state index contributed by atoms with van der Waals surface area (Å²) in [5, 5.41) is 8.67. The Morgan fingerprint density at radius 2 is 2.06 bits per heavy atom. The number of aliphatic carboxylic acids is 1. The average molecular weight is 267 g/mol. The Morgan fingerprint density at radius 1 is 1.47 bits per heavy atom. The molecule has 7 heteroatoms. The molecule has 0 fully saturated rings. The number of nitrogens with zero attached hydrogens (tertiary/aromatic N) is 1. The largest absolute Gasteiger partial charge is 0.481 e. The molecule has 102 valence electrons. The van der Waals surface area contributed by atoms with Crippen LogP contribution in [0.4, 0.5) is 0 Å². The Hall–Kier alpha value is -0.660. The summed E-state index contributed by atoms with van der Waals surface area (Å²) < 4.78 is 29.9. The van der Waals surface area contributed by atoms with Crippen molar-refractivity contribution >= 4 is 16.0 Å². The molecule has 0 aliphatic rings. The fourth-order valence-electron chi connectivity index (χ4n) is 1.64. The summed E-state index contributed by atoms with van der Waals surface area (Å²) in [6.45, 7) is 3.96. The third kappa shape index (κ3) is 5.99. The maximum absolute atomic E-state index is 11.9. The molecule has 1 N–H and O–H groups in total. The molecule has 0 aromatic rings. The standard InChI is InChI=1S/C10H21NO5S/c1-4-11(9(2)8-10(12)13)17(14,15)7-5-6-16-3/h9H,4-8H2,1-3H3,(H,12,13). The van der Waals surface area contributed by atoms with Crippen molar-refractivity contribution in [2.45, 2.75) is 32.7 Å². The summed E-state index contributed by atoms with van der Waals surface area (Å²) in [5.74, 6) is -1.01. The monoisotopic (exact) mass is 267 g/mol. The van der Waals surface area contributed by atoms with Crippen LogP contribution in [-0.4, -0.2) is 55.9 Å². The quantitative estimate of drug-likeness (QED) is 0.616. The SMILES string of the molecule is CCN(C(C)CC(=O)O)S(=O)(=O)CCCOC. The van der Waals surface area contributed by atoms with Gasteiger partial charge in [-0.15, -0.1) is 0 Å². The summed E-state index contributed by atoms with van der Waals surface area (Å²) in [4.78, 5) is 10.6. The molecule has 0 saturated heterocycles. The van der Waals surface area contributed by atoms with Gasteiger partial charge in [-0.2, -0.15) is 4.31 Å². The van der Waals surface area contributed by atoms with E-state index >= 15 is 0 Å². The van der Waals surface area contributed by atoms with Gasteiger partial charge in [-0.3, -0.25) is 4.79 Å². The van der Waals surface area contributed by atoms with Gasteiger partial charge in [-0.05, 0) is 13.3 Å². The number of rotatable bonds is 9. The van der Waals surface area contributed by atoms with E-state index in [4.69, 9.17) is 9.84 Å².